The number of hydrogen-bond donors (Lipinski definition) is 0. The average molecular weight is 349 g/mol. The van der Waals surface area contributed by atoms with Gasteiger partial charge in [-0.25, -0.2) is 0 Å². The molecule has 1 aliphatic carbocycles. The molecule has 2 saturated heterocycles. The van der Waals surface area contributed by atoms with E-state index in [0.29, 0.717) is 23.9 Å². The molecule has 4 rings (SSSR count). The zero-order valence-corrected chi connectivity index (χ0v) is 15.4. The zero-order valence-electron chi connectivity index (χ0n) is 14.6. The summed E-state index contributed by atoms with van der Waals surface area (Å²) in [6, 6.07) is 5.26. The van der Waals surface area contributed by atoms with Crippen LogP contribution in [0.4, 0.5) is 0 Å². The number of rotatable bonds is 5. The Morgan fingerprint density at radius 1 is 1.21 bits per heavy atom. The molecule has 2 aliphatic heterocycles. The Labute approximate surface area is 148 Å². The van der Waals surface area contributed by atoms with Crippen LogP contribution in [0.3, 0.4) is 0 Å². The maximum Gasteiger partial charge on any atom is 0.226 e. The van der Waals surface area contributed by atoms with Gasteiger partial charge in [0, 0.05) is 60.6 Å². The largest absolute Gasteiger partial charge is 0.381 e. The van der Waals surface area contributed by atoms with E-state index in [9.17, 15) is 4.79 Å². The van der Waals surface area contributed by atoms with Crippen LogP contribution in [-0.2, 0) is 16.1 Å². The lowest BCUT2D eigenvalue weighted by Crippen LogP contribution is -2.50. The summed E-state index contributed by atoms with van der Waals surface area (Å²) >= 11 is 1.89. The lowest BCUT2D eigenvalue weighted by Gasteiger charge is -2.39. The summed E-state index contributed by atoms with van der Waals surface area (Å²) in [4.78, 5) is 20.6. The Morgan fingerprint density at radius 3 is 2.67 bits per heavy atom. The fourth-order valence-electron chi connectivity index (χ4n) is 4.14. The zero-order chi connectivity index (χ0) is 16.5. The van der Waals surface area contributed by atoms with Crippen molar-refractivity contribution < 1.29 is 9.53 Å². The van der Waals surface area contributed by atoms with Crippen LogP contribution < -0.4 is 0 Å². The first-order chi connectivity index (χ1) is 11.7. The molecule has 0 bridgehead atoms. The molecule has 1 aromatic heterocycles. The van der Waals surface area contributed by atoms with E-state index in [1.54, 1.807) is 0 Å². The van der Waals surface area contributed by atoms with Gasteiger partial charge >= 0.3 is 0 Å². The number of nitrogens with zero attached hydrogens (tertiary/aromatic N) is 2. The quantitative estimate of drug-likeness (QED) is 0.820. The lowest BCUT2D eigenvalue weighted by molar-refractivity contribution is -0.139. The van der Waals surface area contributed by atoms with E-state index in [1.807, 2.05) is 11.3 Å². The molecule has 24 heavy (non-hydrogen) atoms. The fourth-order valence-corrected chi connectivity index (χ4v) is 5.07. The third-order valence-electron chi connectivity index (χ3n) is 5.58. The Morgan fingerprint density at radius 2 is 2.00 bits per heavy atom. The summed E-state index contributed by atoms with van der Waals surface area (Å²) < 4.78 is 5.52. The minimum absolute atomic E-state index is 0.321. The number of carbonyl (C=O) groups excluding carboxylic acids is 1. The van der Waals surface area contributed by atoms with Gasteiger partial charge in [-0.2, -0.15) is 0 Å². The van der Waals surface area contributed by atoms with Crippen LogP contribution in [-0.4, -0.2) is 54.1 Å². The number of ether oxygens (including phenoxy) is 1. The van der Waals surface area contributed by atoms with Crippen molar-refractivity contribution in [2.45, 2.75) is 57.7 Å². The Kier molecular flexibility index (Phi) is 4.93. The number of carbonyl (C=O) groups is 1. The van der Waals surface area contributed by atoms with Gasteiger partial charge in [0.25, 0.3) is 0 Å². The summed E-state index contributed by atoms with van der Waals surface area (Å²) in [5.41, 5.74) is 0. The van der Waals surface area contributed by atoms with Gasteiger partial charge in [0.05, 0.1) is 0 Å². The highest BCUT2D eigenvalue weighted by atomic mass is 32.1. The van der Waals surface area contributed by atoms with E-state index in [4.69, 9.17) is 4.74 Å². The first-order valence-electron chi connectivity index (χ1n) is 9.38. The molecule has 4 nitrogen and oxygen atoms in total. The van der Waals surface area contributed by atoms with Crippen molar-refractivity contribution in [2.24, 2.45) is 5.92 Å². The van der Waals surface area contributed by atoms with Crippen molar-refractivity contribution in [3.05, 3.63) is 21.9 Å². The van der Waals surface area contributed by atoms with Crippen LogP contribution in [0.1, 0.15) is 41.9 Å². The molecule has 0 spiro atoms. The first kappa shape index (κ1) is 16.6. The number of thiophene rings is 1. The van der Waals surface area contributed by atoms with Crippen molar-refractivity contribution in [2.75, 3.05) is 26.3 Å². The smallest absolute Gasteiger partial charge is 0.226 e. The molecule has 1 atom stereocenters. The summed E-state index contributed by atoms with van der Waals surface area (Å²) in [6.07, 6.45) is 5.35. The molecule has 3 aliphatic rings. The highest BCUT2D eigenvalue weighted by Gasteiger charge is 2.41. The highest BCUT2D eigenvalue weighted by molar-refractivity contribution is 7.11. The van der Waals surface area contributed by atoms with E-state index in [1.165, 1.54) is 9.75 Å². The van der Waals surface area contributed by atoms with Gasteiger partial charge in [0.15, 0.2) is 0 Å². The maximum absolute atomic E-state index is 12.9. The number of aryl methyl sites for hydroxylation is 1. The van der Waals surface area contributed by atoms with Crippen molar-refractivity contribution in [1.29, 1.82) is 0 Å². The summed E-state index contributed by atoms with van der Waals surface area (Å²) in [7, 11) is 0. The minimum atomic E-state index is 0.321. The summed E-state index contributed by atoms with van der Waals surface area (Å²) in [5, 5.41) is 0. The first-order valence-corrected chi connectivity index (χ1v) is 10.2. The van der Waals surface area contributed by atoms with Crippen LogP contribution in [0.15, 0.2) is 12.1 Å². The van der Waals surface area contributed by atoms with Crippen LogP contribution in [0, 0.1) is 12.8 Å². The predicted molar refractivity (Wildman–Crippen MR) is 96.1 cm³/mol. The second-order valence-electron chi connectivity index (χ2n) is 7.55. The van der Waals surface area contributed by atoms with Gasteiger partial charge in [-0.1, -0.05) is 0 Å². The molecule has 0 radical (unpaired) electrons. The van der Waals surface area contributed by atoms with Crippen molar-refractivity contribution >= 4 is 17.2 Å². The molecule has 0 aromatic carbocycles. The molecule has 5 heteroatoms. The SMILES string of the molecule is Cc1ccc(CN2CCC(N(C(=O)C3CC3)C3CCOCC3)C2)s1. The van der Waals surface area contributed by atoms with Gasteiger partial charge < -0.3 is 9.64 Å². The predicted octanol–water partition coefficient (Wildman–Crippen LogP) is 3.05. The number of hydrogen-bond acceptors (Lipinski definition) is 4. The Balaban J connectivity index is 1.42. The third kappa shape index (κ3) is 3.68. The summed E-state index contributed by atoms with van der Waals surface area (Å²) in [6.45, 7) is 6.97. The van der Waals surface area contributed by atoms with Crippen LogP contribution in [0.2, 0.25) is 0 Å². The van der Waals surface area contributed by atoms with Crippen molar-refractivity contribution in [1.82, 2.24) is 9.80 Å². The second-order valence-corrected chi connectivity index (χ2v) is 8.93. The molecule has 1 amide bonds. The van der Waals surface area contributed by atoms with Crippen LogP contribution in [0.25, 0.3) is 0 Å². The topological polar surface area (TPSA) is 32.8 Å². The van der Waals surface area contributed by atoms with Gasteiger partial charge in [-0.05, 0) is 51.2 Å². The molecule has 1 unspecified atom stereocenters. The van der Waals surface area contributed by atoms with Gasteiger partial charge in [0.2, 0.25) is 5.91 Å². The van der Waals surface area contributed by atoms with E-state index < -0.39 is 0 Å². The standard InChI is InChI=1S/C19H28N2O2S/c1-14-2-5-18(24-14)13-20-9-6-17(12-20)21(19(22)15-3-4-15)16-7-10-23-11-8-16/h2,5,15-17H,3-4,6-13H2,1H3. The monoisotopic (exact) mass is 348 g/mol. The molecular weight excluding hydrogens is 320 g/mol. The van der Waals surface area contributed by atoms with E-state index >= 15 is 0 Å². The van der Waals surface area contributed by atoms with Gasteiger partial charge in [-0.15, -0.1) is 11.3 Å². The molecule has 3 fully saturated rings. The van der Waals surface area contributed by atoms with E-state index in [-0.39, 0.29) is 0 Å². The molecule has 1 aromatic rings. The van der Waals surface area contributed by atoms with Crippen molar-refractivity contribution in [3.8, 4) is 0 Å². The molecule has 1 saturated carbocycles. The maximum atomic E-state index is 12.9. The molecular formula is C19H28N2O2S. The second kappa shape index (κ2) is 7.14. The van der Waals surface area contributed by atoms with Gasteiger partial charge in [0.1, 0.15) is 0 Å². The van der Waals surface area contributed by atoms with Crippen LogP contribution >= 0.6 is 11.3 Å². The fraction of sp³-hybridized carbons (Fsp3) is 0.737. The van der Waals surface area contributed by atoms with E-state index in [0.717, 1.165) is 65.0 Å². The minimum Gasteiger partial charge on any atom is -0.381 e. The Bertz CT molecular complexity index is 578. The average Bonchev–Trinajstić information content (AvgIpc) is 3.23. The Hall–Kier alpha value is -0.910. The molecule has 3 heterocycles. The number of amides is 1. The van der Waals surface area contributed by atoms with Crippen molar-refractivity contribution in [3.63, 3.8) is 0 Å². The van der Waals surface area contributed by atoms with Crippen LogP contribution in [0.5, 0.6) is 0 Å². The van der Waals surface area contributed by atoms with E-state index in [2.05, 4.69) is 28.9 Å². The summed E-state index contributed by atoms with van der Waals surface area (Å²) in [5.74, 6) is 0.752. The third-order valence-corrected chi connectivity index (χ3v) is 6.57. The molecule has 132 valence electrons. The van der Waals surface area contributed by atoms with Gasteiger partial charge in [-0.3, -0.25) is 9.69 Å². The lowest BCUT2D eigenvalue weighted by atomic mass is 10.0. The number of likely N-dealkylation sites (tertiary alicyclic amines) is 1. The molecule has 0 N–H and O–H groups in total. The highest BCUT2D eigenvalue weighted by Crippen LogP contribution is 2.35. The normalized spacial score (nSPS) is 26.0.